The highest BCUT2D eigenvalue weighted by molar-refractivity contribution is 6.02. The van der Waals surface area contributed by atoms with Crippen molar-refractivity contribution >= 4 is 17.7 Å². The van der Waals surface area contributed by atoms with Gasteiger partial charge in [0.05, 0.1) is 12.8 Å². The Morgan fingerprint density at radius 1 is 1.21 bits per heavy atom. The molecule has 0 spiro atoms. The minimum Gasteiger partial charge on any atom is -0.496 e. The van der Waals surface area contributed by atoms with Gasteiger partial charge in [-0.25, -0.2) is 4.68 Å². The lowest BCUT2D eigenvalue weighted by Gasteiger charge is -2.05. The molecule has 0 atom stereocenters. The zero-order valence-corrected chi connectivity index (χ0v) is 13.0. The van der Waals surface area contributed by atoms with E-state index in [9.17, 15) is 4.79 Å². The molecule has 1 N–H and O–H groups in total. The van der Waals surface area contributed by atoms with Crippen LogP contribution in [0.1, 0.15) is 5.56 Å². The highest BCUT2D eigenvalue weighted by atomic mass is 16.5. The van der Waals surface area contributed by atoms with Gasteiger partial charge in [-0.05, 0) is 40.8 Å². The summed E-state index contributed by atoms with van der Waals surface area (Å²) >= 11 is 0. The summed E-state index contributed by atoms with van der Waals surface area (Å²) in [6.45, 7) is 0. The van der Waals surface area contributed by atoms with Gasteiger partial charge in [0.25, 0.3) is 0 Å². The van der Waals surface area contributed by atoms with Crippen LogP contribution in [0.2, 0.25) is 0 Å². The number of carbonyl (C=O) groups is 1. The van der Waals surface area contributed by atoms with Crippen LogP contribution in [0, 0.1) is 0 Å². The molecule has 2 aromatic carbocycles. The van der Waals surface area contributed by atoms with Gasteiger partial charge in [0.2, 0.25) is 5.91 Å². The second-order valence-electron chi connectivity index (χ2n) is 4.87. The molecule has 1 aromatic heterocycles. The van der Waals surface area contributed by atoms with Crippen molar-refractivity contribution in [2.24, 2.45) is 0 Å². The van der Waals surface area contributed by atoms with Crippen LogP contribution in [0.4, 0.5) is 5.69 Å². The largest absolute Gasteiger partial charge is 0.496 e. The van der Waals surface area contributed by atoms with Crippen LogP contribution in [-0.2, 0) is 4.79 Å². The fraction of sp³-hybridized carbons (Fsp3) is 0.0588. The number of methoxy groups -OCH3 is 1. The van der Waals surface area contributed by atoms with Crippen LogP contribution in [0.3, 0.4) is 0 Å². The third kappa shape index (κ3) is 3.64. The second kappa shape index (κ2) is 7.19. The van der Waals surface area contributed by atoms with Crippen molar-refractivity contribution in [3.63, 3.8) is 0 Å². The van der Waals surface area contributed by atoms with E-state index in [1.165, 1.54) is 17.1 Å². The standard InChI is InChI=1S/C17H15N5O2/c1-24-16-8-3-2-5-13(16)9-10-17(23)19-14-6-4-7-15(11-14)22-12-18-20-21-22/h2-12H,1H3,(H,19,23)/b10-9+. The number of carbonyl (C=O) groups excluding carboxylic acids is 1. The number of anilines is 1. The highest BCUT2D eigenvalue weighted by Gasteiger charge is 2.03. The van der Waals surface area contributed by atoms with Crippen LogP contribution in [0.25, 0.3) is 11.8 Å². The third-order valence-electron chi connectivity index (χ3n) is 3.28. The van der Waals surface area contributed by atoms with Gasteiger partial charge >= 0.3 is 0 Å². The Hall–Kier alpha value is -3.48. The van der Waals surface area contributed by atoms with Gasteiger partial charge in [-0.3, -0.25) is 4.79 Å². The van der Waals surface area contributed by atoms with Crippen LogP contribution in [0.5, 0.6) is 5.75 Å². The van der Waals surface area contributed by atoms with E-state index in [0.717, 1.165) is 11.3 Å². The maximum Gasteiger partial charge on any atom is 0.248 e. The summed E-state index contributed by atoms with van der Waals surface area (Å²) in [4.78, 5) is 12.1. The Kier molecular flexibility index (Phi) is 4.62. The summed E-state index contributed by atoms with van der Waals surface area (Å²) in [6, 6.07) is 14.7. The third-order valence-corrected chi connectivity index (χ3v) is 3.28. The Morgan fingerprint density at radius 3 is 2.88 bits per heavy atom. The summed E-state index contributed by atoms with van der Waals surface area (Å²) < 4.78 is 6.76. The van der Waals surface area contributed by atoms with Crippen LogP contribution in [0.15, 0.2) is 60.9 Å². The average molecular weight is 321 g/mol. The smallest absolute Gasteiger partial charge is 0.248 e. The van der Waals surface area contributed by atoms with Gasteiger partial charge in [0, 0.05) is 17.3 Å². The topological polar surface area (TPSA) is 81.9 Å². The molecule has 7 heteroatoms. The summed E-state index contributed by atoms with van der Waals surface area (Å²) in [5, 5.41) is 13.8. The van der Waals surface area contributed by atoms with Gasteiger partial charge in [-0.1, -0.05) is 24.3 Å². The molecule has 0 aliphatic heterocycles. The first kappa shape index (κ1) is 15.4. The van der Waals surface area contributed by atoms with Crippen molar-refractivity contribution in [2.75, 3.05) is 12.4 Å². The molecule has 120 valence electrons. The maximum atomic E-state index is 12.1. The van der Waals surface area contributed by atoms with Gasteiger partial charge in [0.15, 0.2) is 0 Å². The number of hydrogen-bond donors (Lipinski definition) is 1. The number of tetrazole rings is 1. The minimum atomic E-state index is -0.241. The predicted molar refractivity (Wildman–Crippen MR) is 89.8 cm³/mol. The molecule has 0 saturated heterocycles. The van der Waals surface area contributed by atoms with E-state index in [-0.39, 0.29) is 5.91 Å². The summed E-state index contributed by atoms with van der Waals surface area (Å²) in [7, 11) is 1.59. The number of para-hydroxylation sites is 1. The van der Waals surface area contributed by atoms with Crippen molar-refractivity contribution in [2.45, 2.75) is 0 Å². The Balaban J connectivity index is 1.71. The average Bonchev–Trinajstić information content (AvgIpc) is 3.15. The normalized spacial score (nSPS) is 10.7. The van der Waals surface area contributed by atoms with Crippen molar-refractivity contribution in [3.05, 3.63) is 66.5 Å². The molecule has 0 aliphatic rings. The van der Waals surface area contributed by atoms with E-state index >= 15 is 0 Å². The minimum absolute atomic E-state index is 0.241. The number of hydrogen-bond acceptors (Lipinski definition) is 5. The van der Waals surface area contributed by atoms with Crippen molar-refractivity contribution in [1.29, 1.82) is 0 Å². The Morgan fingerprint density at radius 2 is 2.08 bits per heavy atom. The van der Waals surface area contributed by atoms with E-state index in [1.807, 2.05) is 36.4 Å². The van der Waals surface area contributed by atoms with Gasteiger partial charge < -0.3 is 10.1 Å². The fourth-order valence-corrected chi connectivity index (χ4v) is 2.16. The molecule has 0 fully saturated rings. The number of nitrogens with one attached hydrogen (secondary N) is 1. The molecule has 3 rings (SSSR count). The molecule has 3 aromatic rings. The zero-order chi connectivity index (χ0) is 16.8. The molecule has 0 aliphatic carbocycles. The molecular formula is C17H15N5O2. The molecule has 0 radical (unpaired) electrons. The second-order valence-corrected chi connectivity index (χ2v) is 4.87. The first-order valence-corrected chi connectivity index (χ1v) is 7.22. The molecule has 7 nitrogen and oxygen atoms in total. The van der Waals surface area contributed by atoms with Gasteiger partial charge in [-0.15, -0.1) is 5.10 Å². The van der Waals surface area contributed by atoms with Crippen LogP contribution < -0.4 is 10.1 Å². The quantitative estimate of drug-likeness (QED) is 0.729. The fourth-order valence-electron chi connectivity index (χ4n) is 2.16. The lowest BCUT2D eigenvalue weighted by Crippen LogP contribution is -2.08. The van der Waals surface area contributed by atoms with Crippen molar-refractivity contribution in [1.82, 2.24) is 20.2 Å². The molecule has 0 unspecified atom stereocenters. The summed E-state index contributed by atoms with van der Waals surface area (Å²) in [5.74, 6) is 0.469. The predicted octanol–water partition coefficient (Wildman–Crippen LogP) is 2.32. The first-order valence-electron chi connectivity index (χ1n) is 7.22. The monoisotopic (exact) mass is 321 g/mol. The number of benzene rings is 2. The molecule has 1 heterocycles. The Labute approximate surface area is 138 Å². The van der Waals surface area contributed by atoms with Crippen LogP contribution >= 0.6 is 0 Å². The Bertz CT molecular complexity index is 859. The molecule has 0 bridgehead atoms. The van der Waals surface area contributed by atoms with E-state index < -0.39 is 0 Å². The number of aromatic nitrogens is 4. The zero-order valence-electron chi connectivity index (χ0n) is 13.0. The number of ether oxygens (including phenoxy) is 1. The summed E-state index contributed by atoms with van der Waals surface area (Å²) in [6.07, 6.45) is 4.66. The maximum absolute atomic E-state index is 12.1. The van der Waals surface area contributed by atoms with Crippen molar-refractivity contribution in [3.8, 4) is 11.4 Å². The van der Waals surface area contributed by atoms with E-state index in [2.05, 4.69) is 20.8 Å². The van der Waals surface area contributed by atoms with E-state index in [1.54, 1.807) is 25.3 Å². The number of nitrogens with zero attached hydrogens (tertiary/aromatic N) is 4. The SMILES string of the molecule is COc1ccccc1/C=C/C(=O)Nc1cccc(-n2cnnn2)c1. The molecule has 0 saturated carbocycles. The van der Waals surface area contributed by atoms with Gasteiger partial charge in [-0.2, -0.15) is 0 Å². The molecule has 1 amide bonds. The first-order chi connectivity index (χ1) is 11.8. The summed E-state index contributed by atoms with van der Waals surface area (Å²) in [5.41, 5.74) is 2.24. The lowest BCUT2D eigenvalue weighted by molar-refractivity contribution is -0.111. The van der Waals surface area contributed by atoms with E-state index in [4.69, 9.17) is 4.74 Å². The lowest BCUT2D eigenvalue weighted by atomic mass is 10.2. The van der Waals surface area contributed by atoms with Crippen molar-refractivity contribution < 1.29 is 9.53 Å². The van der Waals surface area contributed by atoms with Gasteiger partial charge in [0.1, 0.15) is 12.1 Å². The van der Waals surface area contributed by atoms with E-state index in [0.29, 0.717) is 11.4 Å². The van der Waals surface area contributed by atoms with Crippen LogP contribution in [-0.4, -0.2) is 33.2 Å². The number of amides is 1. The molecule has 24 heavy (non-hydrogen) atoms. The molecular weight excluding hydrogens is 306 g/mol. The highest BCUT2D eigenvalue weighted by Crippen LogP contribution is 2.19. The number of rotatable bonds is 5.